The molecule has 2 aromatic carbocycles. The van der Waals surface area contributed by atoms with E-state index in [2.05, 4.69) is 0 Å². The molecular formula is C30H38O10. The van der Waals surface area contributed by atoms with Gasteiger partial charge >= 0.3 is 24.2 Å². The van der Waals surface area contributed by atoms with Crippen LogP contribution in [0.2, 0.25) is 0 Å². The SMILES string of the molecule is O=C(O)CCCCCCCCCC(COC(=O)OCc1ccccc1)C(=O)OCOC(=O)OCc1ccccc1. The van der Waals surface area contributed by atoms with E-state index >= 15 is 0 Å². The minimum Gasteiger partial charge on any atom is -0.481 e. The van der Waals surface area contributed by atoms with Crippen molar-refractivity contribution in [1.82, 2.24) is 0 Å². The summed E-state index contributed by atoms with van der Waals surface area (Å²) in [5.41, 5.74) is 1.59. The third-order valence-corrected chi connectivity index (χ3v) is 5.96. The number of esters is 1. The van der Waals surface area contributed by atoms with Crippen LogP contribution in [0, 0.1) is 5.92 Å². The zero-order valence-electron chi connectivity index (χ0n) is 22.7. The number of benzene rings is 2. The molecule has 0 saturated carbocycles. The third-order valence-electron chi connectivity index (χ3n) is 5.96. The lowest BCUT2D eigenvalue weighted by Gasteiger charge is -2.16. The number of unbranched alkanes of at least 4 members (excludes halogenated alkanes) is 6. The Hall–Kier alpha value is -4.08. The second-order valence-electron chi connectivity index (χ2n) is 9.19. The van der Waals surface area contributed by atoms with Crippen molar-refractivity contribution < 1.29 is 48.0 Å². The molecular weight excluding hydrogens is 520 g/mol. The summed E-state index contributed by atoms with van der Waals surface area (Å²) < 4.78 is 25.2. The predicted octanol–water partition coefficient (Wildman–Crippen LogP) is 6.41. The lowest BCUT2D eigenvalue weighted by molar-refractivity contribution is -0.160. The van der Waals surface area contributed by atoms with Crippen molar-refractivity contribution in [3.63, 3.8) is 0 Å². The van der Waals surface area contributed by atoms with E-state index in [1.165, 1.54) is 0 Å². The first-order valence-electron chi connectivity index (χ1n) is 13.5. The summed E-state index contributed by atoms with van der Waals surface area (Å²) in [5.74, 6) is -2.21. The lowest BCUT2D eigenvalue weighted by Crippen LogP contribution is -2.26. The average molecular weight is 559 g/mol. The Morgan fingerprint density at radius 2 is 1.10 bits per heavy atom. The first kappa shape index (κ1) is 32.1. The van der Waals surface area contributed by atoms with Crippen LogP contribution in [0.3, 0.4) is 0 Å². The smallest absolute Gasteiger partial charge is 0.481 e. The highest BCUT2D eigenvalue weighted by atomic mass is 16.8. The summed E-state index contributed by atoms with van der Waals surface area (Å²) >= 11 is 0. The number of hydrogen-bond donors (Lipinski definition) is 1. The predicted molar refractivity (Wildman–Crippen MR) is 144 cm³/mol. The van der Waals surface area contributed by atoms with Crippen LogP contribution in [0.1, 0.15) is 68.9 Å². The van der Waals surface area contributed by atoms with Gasteiger partial charge in [-0.15, -0.1) is 0 Å². The maximum Gasteiger partial charge on any atom is 0.511 e. The van der Waals surface area contributed by atoms with Crippen LogP contribution in [-0.2, 0) is 46.5 Å². The minimum absolute atomic E-state index is 0.0226. The fraction of sp³-hybridized carbons (Fsp3) is 0.467. The number of carboxylic acid groups (broad SMARTS) is 1. The molecule has 0 heterocycles. The monoisotopic (exact) mass is 558 g/mol. The van der Waals surface area contributed by atoms with Crippen LogP contribution < -0.4 is 0 Å². The zero-order chi connectivity index (χ0) is 28.8. The maximum atomic E-state index is 12.7. The van der Waals surface area contributed by atoms with Crippen molar-refractivity contribution in [2.24, 2.45) is 5.92 Å². The van der Waals surface area contributed by atoms with E-state index in [0.717, 1.165) is 43.2 Å². The van der Waals surface area contributed by atoms with Crippen LogP contribution in [0.25, 0.3) is 0 Å². The highest BCUT2D eigenvalue weighted by Gasteiger charge is 2.23. The number of rotatable bonds is 19. The molecule has 0 aliphatic rings. The van der Waals surface area contributed by atoms with E-state index in [9.17, 15) is 19.2 Å². The Bertz CT molecular complexity index is 1010. The molecule has 0 radical (unpaired) electrons. The molecule has 10 nitrogen and oxygen atoms in total. The fourth-order valence-corrected chi connectivity index (χ4v) is 3.76. The van der Waals surface area contributed by atoms with E-state index in [1.54, 1.807) is 12.1 Å². The summed E-state index contributed by atoms with van der Waals surface area (Å²) in [6.45, 7) is -0.799. The van der Waals surface area contributed by atoms with Gasteiger partial charge in [0.25, 0.3) is 0 Å². The summed E-state index contributed by atoms with van der Waals surface area (Å²) in [5, 5.41) is 8.68. The van der Waals surface area contributed by atoms with Gasteiger partial charge in [0, 0.05) is 6.42 Å². The summed E-state index contributed by atoms with van der Waals surface area (Å²) in [6.07, 6.45) is 4.65. The van der Waals surface area contributed by atoms with Gasteiger partial charge in [0.1, 0.15) is 19.8 Å². The minimum atomic E-state index is -0.975. The van der Waals surface area contributed by atoms with E-state index in [-0.39, 0.29) is 26.2 Å². The van der Waals surface area contributed by atoms with Crippen LogP contribution >= 0.6 is 0 Å². The van der Waals surface area contributed by atoms with Crippen LogP contribution in [0.15, 0.2) is 60.7 Å². The highest BCUT2D eigenvalue weighted by Crippen LogP contribution is 2.16. The Morgan fingerprint density at radius 3 is 1.65 bits per heavy atom. The van der Waals surface area contributed by atoms with Gasteiger partial charge in [-0.3, -0.25) is 9.59 Å². The number of aliphatic carboxylic acids is 1. The number of carboxylic acids is 1. The van der Waals surface area contributed by atoms with Crippen molar-refractivity contribution in [1.29, 1.82) is 0 Å². The molecule has 0 aliphatic heterocycles. The Kier molecular flexibility index (Phi) is 16.0. The van der Waals surface area contributed by atoms with Gasteiger partial charge in [0.15, 0.2) is 0 Å². The maximum absolute atomic E-state index is 12.7. The molecule has 218 valence electrons. The summed E-state index contributed by atoms with van der Waals surface area (Å²) in [7, 11) is 0. The topological polar surface area (TPSA) is 135 Å². The molecule has 0 aliphatic carbocycles. The number of carbonyl (C=O) groups is 4. The highest BCUT2D eigenvalue weighted by molar-refractivity contribution is 5.73. The molecule has 0 amide bonds. The van der Waals surface area contributed by atoms with E-state index in [0.29, 0.717) is 19.3 Å². The molecule has 40 heavy (non-hydrogen) atoms. The van der Waals surface area contributed by atoms with Crippen molar-refractivity contribution in [2.45, 2.75) is 71.0 Å². The summed E-state index contributed by atoms with van der Waals surface area (Å²) in [4.78, 5) is 47.1. The van der Waals surface area contributed by atoms with Crippen LogP contribution in [0.4, 0.5) is 9.59 Å². The molecule has 1 atom stereocenters. The Morgan fingerprint density at radius 1 is 0.600 bits per heavy atom. The molecule has 2 aromatic rings. The molecule has 0 spiro atoms. The van der Waals surface area contributed by atoms with Gasteiger partial charge in [-0.2, -0.15) is 0 Å². The van der Waals surface area contributed by atoms with Gasteiger partial charge in [0.05, 0.1) is 5.92 Å². The fourth-order valence-electron chi connectivity index (χ4n) is 3.76. The van der Waals surface area contributed by atoms with Crippen LogP contribution in [0.5, 0.6) is 0 Å². The molecule has 0 saturated heterocycles. The number of hydrogen-bond acceptors (Lipinski definition) is 9. The number of carbonyl (C=O) groups excluding carboxylic acids is 3. The van der Waals surface area contributed by atoms with Gasteiger partial charge in [-0.1, -0.05) is 99.2 Å². The van der Waals surface area contributed by atoms with Gasteiger partial charge in [-0.25, -0.2) is 9.59 Å². The molecule has 1 N–H and O–H groups in total. The normalized spacial score (nSPS) is 11.2. The molecule has 0 fully saturated rings. The Labute approximate surface area is 234 Å². The molecule has 10 heteroatoms. The molecule has 0 aromatic heterocycles. The van der Waals surface area contributed by atoms with Crippen LogP contribution in [-0.4, -0.2) is 42.8 Å². The van der Waals surface area contributed by atoms with Crippen molar-refractivity contribution >= 4 is 24.2 Å². The number of ether oxygens (including phenoxy) is 5. The van der Waals surface area contributed by atoms with Gasteiger partial charge < -0.3 is 28.8 Å². The van der Waals surface area contributed by atoms with Crippen molar-refractivity contribution in [2.75, 3.05) is 13.4 Å². The summed E-state index contributed by atoms with van der Waals surface area (Å²) in [6, 6.07) is 18.2. The van der Waals surface area contributed by atoms with E-state index in [4.69, 9.17) is 28.8 Å². The van der Waals surface area contributed by atoms with Gasteiger partial charge in [0.2, 0.25) is 6.79 Å². The second kappa shape index (κ2) is 19.9. The zero-order valence-corrected chi connectivity index (χ0v) is 22.7. The lowest BCUT2D eigenvalue weighted by atomic mass is 10.0. The largest absolute Gasteiger partial charge is 0.511 e. The van der Waals surface area contributed by atoms with E-state index in [1.807, 2.05) is 48.5 Å². The van der Waals surface area contributed by atoms with Gasteiger partial charge in [-0.05, 0) is 24.0 Å². The van der Waals surface area contributed by atoms with Crippen molar-refractivity contribution in [3.05, 3.63) is 71.8 Å². The second-order valence-corrected chi connectivity index (χ2v) is 9.19. The molecule has 0 bridgehead atoms. The molecule has 2 rings (SSSR count). The average Bonchev–Trinajstić information content (AvgIpc) is 2.96. The third kappa shape index (κ3) is 15.4. The van der Waals surface area contributed by atoms with Crippen molar-refractivity contribution in [3.8, 4) is 0 Å². The first-order valence-corrected chi connectivity index (χ1v) is 13.5. The quantitative estimate of drug-likeness (QED) is 0.0892. The van der Waals surface area contributed by atoms with E-state index < -0.39 is 37.0 Å². The Balaban J connectivity index is 1.72. The molecule has 1 unspecified atom stereocenters. The first-order chi connectivity index (χ1) is 19.4. The standard InChI is InChI=1S/C30H38O10/c31-27(32)19-13-5-3-1-2-4-12-18-26(22-38-29(34)36-20-24-14-8-6-9-15-24)28(33)39-23-40-30(35)37-21-25-16-10-7-11-17-25/h6-11,14-17,26H,1-5,12-13,18-23H2,(H,31,32).